The molecule has 226 valence electrons. The van der Waals surface area contributed by atoms with Gasteiger partial charge in [-0.2, -0.15) is 0 Å². The summed E-state index contributed by atoms with van der Waals surface area (Å²) in [5, 5.41) is 5.98. The number of aryl methyl sites for hydroxylation is 1. The van der Waals surface area contributed by atoms with E-state index in [2.05, 4.69) is 10.6 Å². The van der Waals surface area contributed by atoms with Crippen molar-refractivity contribution >= 4 is 23.8 Å². The van der Waals surface area contributed by atoms with Gasteiger partial charge in [-0.1, -0.05) is 60.2 Å². The fraction of sp³-hybridized carbons (Fsp3) is 0.515. The summed E-state index contributed by atoms with van der Waals surface area (Å²) >= 11 is 0. The van der Waals surface area contributed by atoms with Crippen LogP contribution in [0.4, 0.5) is 4.79 Å². The lowest BCUT2D eigenvalue weighted by molar-refractivity contribution is -0.139. The largest absolute Gasteiger partial charge is 0.444 e. The summed E-state index contributed by atoms with van der Waals surface area (Å²) in [6, 6.07) is 16.4. The number of nitrogens with one attached hydrogen (secondary N) is 2. The Morgan fingerprint density at radius 3 is 2.21 bits per heavy atom. The van der Waals surface area contributed by atoms with Gasteiger partial charge in [-0.15, -0.1) is 0 Å². The Morgan fingerprint density at radius 2 is 1.57 bits per heavy atom. The van der Waals surface area contributed by atoms with Crippen molar-refractivity contribution in [2.45, 2.75) is 84.0 Å². The van der Waals surface area contributed by atoms with Crippen LogP contribution in [0.25, 0.3) is 0 Å². The number of ether oxygens (including phenoxy) is 1. The summed E-state index contributed by atoms with van der Waals surface area (Å²) in [7, 11) is 0. The zero-order valence-corrected chi connectivity index (χ0v) is 25.2. The molecule has 2 heterocycles. The Hall–Kier alpha value is -3.88. The zero-order chi connectivity index (χ0) is 30.3. The first kappa shape index (κ1) is 31.1. The number of piperidine rings is 1. The van der Waals surface area contributed by atoms with Crippen molar-refractivity contribution in [3.63, 3.8) is 0 Å². The van der Waals surface area contributed by atoms with E-state index in [4.69, 9.17) is 4.74 Å². The molecule has 4 rings (SSSR count). The lowest BCUT2D eigenvalue weighted by atomic mass is 9.94. The van der Waals surface area contributed by atoms with Crippen LogP contribution in [0.15, 0.2) is 54.6 Å². The fourth-order valence-electron chi connectivity index (χ4n) is 5.50. The topological polar surface area (TPSA) is 108 Å². The molecule has 4 amide bonds. The number of amides is 4. The molecule has 0 aliphatic carbocycles. The molecule has 2 aliphatic heterocycles. The SMILES string of the molecule is Cc1ccc(CNC(=O)[C@H](Cc2ccccc2)NC(=O)C2CCN(C(=O)[C@H]3CCCN3C(=O)OC(C)(C)C)CC2)cc1. The second-order valence-corrected chi connectivity index (χ2v) is 12.4. The lowest BCUT2D eigenvalue weighted by Gasteiger charge is -2.35. The number of rotatable bonds is 8. The maximum atomic E-state index is 13.4. The molecule has 2 aliphatic rings. The Labute approximate surface area is 249 Å². The number of carbonyl (C=O) groups is 4. The molecule has 2 saturated heterocycles. The van der Waals surface area contributed by atoms with Crippen LogP contribution >= 0.6 is 0 Å². The monoisotopic (exact) mass is 576 g/mol. The van der Waals surface area contributed by atoms with Crippen LogP contribution in [0.5, 0.6) is 0 Å². The van der Waals surface area contributed by atoms with Crippen molar-refractivity contribution in [2.24, 2.45) is 5.92 Å². The van der Waals surface area contributed by atoms with Gasteiger partial charge in [0.15, 0.2) is 0 Å². The van der Waals surface area contributed by atoms with E-state index < -0.39 is 23.8 Å². The van der Waals surface area contributed by atoms with Crippen molar-refractivity contribution in [1.82, 2.24) is 20.4 Å². The van der Waals surface area contributed by atoms with Gasteiger partial charge in [-0.3, -0.25) is 19.3 Å². The van der Waals surface area contributed by atoms with Gasteiger partial charge in [-0.25, -0.2) is 4.79 Å². The van der Waals surface area contributed by atoms with E-state index in [1.165, 1.54) is 4.90 Å². The normalized spacial score (nSPS) is 18.3. The van der Waals surface area contributed by atoms with Crippen molar-refractivity contribution < 1.29 is 23.9 Å². The van der Waals surface area contributed by atoms with Gasteiger partial charge in [0.05, 0.1) is 0 Å². The molecule has 42 heavy (non-hydrogen) atoms. The van der Waals surface area contributed by atoms with Gasteiger partial charge in [-0.05, 0) is 64.5 Å². The summed E-state index contributed by atoms with van der Waals surface area (Å²) in [5.41, 5.74) is 2.47. The minimum atomic E-state index is -0.717. The van der Waals surface area contributed by atoms with E-state index >= 15 is 0 Å². The first-order valence-electron chi connectivity index (χ1n) is 15.0. The predicted octanol–water partition coefficient (Wildman–Crippen LogP) is 3.98. The van der Waals surface area contributed by atoms with E-state index in [9.17, 15) is 19.2 Å². The van der Waals surface area contributed by atoms with Crippen LogP contribution in [0.1, 0.15) is 63.1 Å². The van der Waals surface area contributed by atoms with E-state index in [1.54, 1.807) is 4.90 Å². The molecule has 0 saturated carbocycles. The molecule has 0 aromatic heterocycles. The van der Waals surface area contributed by atoms with Crippen LogP contribution < -0.4 is 10.6 Å². The molecule has 0 bridgehead atoms. The molecule has 2 fully saturated rings. The highest BCUT2D eigenvalue weighted by molar-refractivity contribution is 5.89. The van der Waals surface area contributed by atoms with Gasteiger partial charge in [0.2, 0.25) is 17.7 Å². The van der Waals surface area contributed by atoms with Crippen molar-refractivity contribution in [3.8, 4) is 0 Å². The quantitative estimate of drug-likeness (QED) is 0.495. The molecule has 9 nitrogen and oxygen atoms in total. The van der Waals surface area contributed by atoms with Gasteiger partial charge in [0.1, 0.15) is 17.7 Å². The van der Waals surface area contributed by atoms with Crippen molar-refractivity contribution in [3.05, 3.63) is 71.3 Å². The van der Waals surface area contributed by atoms with Crippen LogP contribution in [-0.2, 0) is 32.1 Å². The second-order valence-electron chi connectivity index (χ2n) is 12.4. The standard InChI is InChI=1S/C33H44N4O5/c1-23-12-14-25(15-13-23)22-34-30(39)27(21-24-9-6-5-7-10-24)35-29(38)26-16-19-36(20-17-26)31(40)28-11-8-18-37(28)32(41)42-33(2,3)4/h5-7,9-10,12-15,26-28H,8,11,16-22H2,1-4H3,(H,34,39)(H,35,38)/t27-,28+/m0/s1. The van der Waals surface area contributed by atoms with E-state index in [0.717, 1.165) is 23.1 Å². The van der Waals surface area contributed by atoms with Crippen molar-refractivity contribution in [2.75, 3.05) is 19.6 Å². The first-order valence-corrected chi connectivity index (χ1v) is 15.0. The van der Waals surface area contributed by atoms with Crippen molar-refractivity contribution in [1.29, 1.82) is 0 Å². The minimum absolute atomic E-state index is 0.0883. The van der Waals surface area contributed by atoms with Crippen LogP contribution in [-0.4, -0.2) is 70.9 Å². The Balaban J connectivity index is 1.33. The zero-order valence-electron chi connectivity index (χ0n) is 25.2. The Kier molecular flexibility index (Phi) is 10.2. The Morgan fingerprint density at radius 1 is 0.905 bits per heavy atom. The number of hydrogen-bond donors (Lipinski definition) is 2. The molecule has 0 radical (unpaired) electrons. The van der Waals surface area contributed by atoms with Crippen LogP contribution in [0.3, 0.4) is 0 Å². The number of hydrogen-bond acceptors (Lipinski definition) is 5. The van der Waals surface area contributed by atoms with E-state index in [0.29, 0.717) is 51.9 Å². The maximum Gasteiger partial charge on any atom is 0.410 e. The third-order valence-electron chi connectivity index (χ3n) is 7.85. The van der Waals surface area contributed by atoms with Gasteiger partial charge < -0.3 is 20.3 Å². The number of carbonyl (C=O) groups excluding carboxylic acids is 4. The molecule has 2 aromatic carbocycles. The predicted molar refractivity (Wildman–Crippen MR) is 160 cm³/mol. The summed E-state index contributed by atoms with van der Waals surface area (Å²) < 4.78 is 5.51. The lowest BCUT2D eigenvalue weighted by Crippen LogP contribution is -2.53. The molecular weight excluding hydrogens is 532 g/mol. The third kappa shape index (κ3) is 8.57. The minimum Gasteiger partial charge on any atom is -0.444 e. The van der Waals surface area contributed by atoms with Crippen LogP contribution in [0.2, 0.25) is 0 Å². The fourth-order valence-corrected chi connectivity index (χ4v) is 5.50. The summed E-state index contributed by atoms with van der Waals surface area (Å²) in [4.78, 5) is 55.9. The highest BCUT2D eigenvalue weighted by Crippen LogP contribution is 2.25. The number of benzene rings is 2. The molecule has 0 unspecified atom stereocenters. The number of likely N-dealkylation sites (tertiary alicyclic amines) is 2. The average Bonchev–Trinajstić information content (AvgIpc) is 3.46. The average molecular weight is 577 g/mol. The summed E-state index contributed by atoms with van der Waals surface area (Å²) in [6.45, 7) is 9.18. The first-order chi connectivity index (χ1) is 20.0. The molecule has 9 heteroatoms. The Bertz CT molecular complexity index is 1230. The highest BCUT2D eigenvalue weighted by Gasteiger charge is 2.40. The summed E-state index contributed by atoms with van der Waals surface area (Å²) in [6.07, 6.45) is 2.28. The van der Waals surface area contributed by atoms with Gasteiger partial charge >= 0.3 is 6.09 Å². The summed E-state index contributed by atoms with van der Waals surface area (Å²) in [5.74, 6) is -0.800. The molecular formula is C33H44N4O5. The molecule has 2 atom stereocenters. The van der Waals surface area contributed by atoms with Gasteiger partial charge in [0.25, 0.3) is 0 Å². The second kappa shape index (κ2) is 13.9. The molecule has 2 N–H and O–H groups in total. The van der Waals surface area contributed by atoms with E-state index in [1.807, 2.05) is 82.3 Å². The maximum absolute atomic E-state index is 13.4. The smallest absolute Gasteiger partial charge is 0.410 e. The number of nitrogens with zero attached hydrogens (tertiary/aromatic N) is 2. The van der Waals surface area contributed by atoms with Crippen LogP contribution in [0, 0.1) is 12.8 Å². The molecule has 0 spiro atoms. The van der Waals surface area contributed by atoms with E-state index in [-0.39, 0.29) is 23.6 Å². The van der Waals surface area contributed by atoms with Gasteiger partial charge in [0, 0.05) is 38.5 Å². The molecule has 2 aromatic rings. The third-order valence-corrected chi connectivity index (χ3v) is 7.85. The highest BCUT2D eigenvalue weighted by atomic mass is 16.6.